The van der Waals surface area contributed by atoms with Gasteiger partial charge in [-0.15, -0.1) is 0 Å². The van der Waals surface area contributed by atoms with Gasteiger partial charge in [0.05, 0.1) is 16.0 Å². The van der Waals surface area contributed by atoms with Crippen LogP contribution in [0, 0.1) is 6.92 Å². The van der Waals surface area contributed by atoms with Crippen LogP contribution in [0.3, 0.4) is 0 Å². The monoisotopic (exact) mass is 395 g/mol. The molecule has 144 valence electrons. The maximum Gasteiger partial charge on any atom is 0.259 e. The molecule has 0 spiro atoms. The van der Waals surface area contributed by atoms with Gasteiger partial charge in [0.15, 0.2) is 0 Å². The Morgan fingerprint density at radius 3 is 2.61 bits per heavy atom. The van der Waals surface area contributed by atoms with Gasteiger partial charge in [-0.3, -0.25) is 9.78 Å². The van der Waals surface area contributed by atoms with E-state index >= 15 is 0 Å². The average molecular weight is 395 g/mol. The van der Waals surface area contributed by atoms with Gasteiger partial charge in [-0.2, -0.15) is 0 Å². The highest BCUT2D eigenvalue weighted by atomic mass is 32.2. The summed E-state index contributed by atoms with van der Waals surface area (Å²) in [5.74, 6) is -0.139. The zero-order valence-corrected chi connectivity index (χ0v) is 16.8. The summed E-state index contributed by atoms with van der Waals surface area (Å²) in [6.45, 7) is 2.39. The number of carbonyl (C=O) groups is 1. The first-order chi connectivity index (χ1) is 13.3. The van der Waals surface area contributed by atoms with Crippen LogP contribution in [0.5, 0.6) is 0 Å². The smallest absolute Gasteiger partial charge is 0.259 e. The van der Waals surface area contributed by atoms with Gasteiger partial charge in [0.1, 0.15) is 0 Å². The van der Waals surface area contributed by atoms with Gasteiger partial charge in [-0.1, -0.05) is 24.3 Å². The molecule has 0 saturated heterocycles. The van der Waals surface area contributed by atoms with E-state index in [9.17, 15) is 13.2 Å². The Kier molecular flexibility index (Phi) is 4.44. The maximum absolute atomic E-state index is 13.4. The van der Waals surface area contributed by atoms with Crippen LogP contribution in [-0.2, 0) is 16.4 Å². The Balaban J connectivity index is 1.81. The minimum absolute atomic E-state index is 0.139. The summed E-state index contributed by atoms with van der Waals surface area (Å²) in [6.07, 6.45) is 0.700. The van der Waals surface area contributed by atoms with Crippen molar-refractivity contribution in [3.8, 4) is 0 Å². The Bertz CT molecular complexity index is 1200. The van der Waals surface area contributed by atoms with Crippen LogP contribution in [0.4, 0.5) is 5.69 Å². The average Bonchev–Trinajstić information content (AvgIpc) is 3.09. The number of pyridine rings is 1. The Labute approximate surface area is 164 Å². The molecule has 0 fully saturated rings. The van der Waals surface area contributed by atoms with Crippen LogP contribution in [0.1, 0.15) is 21.6 Å². The molecule has 2 aromatic carbocycles. The summed E-state index contributed by atoms with van der Waals surface area (Å²) in [6, 6.07) is 14.4. The molecule has 0 saturated carbocycles. The van der Waals surface area contributed by atoms with Crippen molar-refractivity contribution in [1.29, 1.82) is 0 Å². The SMILES string of the molecule is Cc1cc(C(=O)N2CCc3ccc(S(=O)(=O)N(C)C)cc32)c2ccccc2n1. The molecule has 6 nitrogen and oxygen atoms in total. The number of anilines is 1. The quantitative estimate of drug-likeness (QED) is 0.684. The molecular formula is C21H21N3O3S. The maximum atomic E-state index is 13.4. The van der Waals surface area contributed by atoms with Crippen LogP contribution >= 0.6 is 0 Å². The topological polar surface area (TPSA) is 70.6 Å². The van der Waals surface area contributed by atoms with E-state index < -0.39 is 10.0 Å². The van der Waals surface area contributed by atoms with Gasteiger partial charge in [-0.25, -0.2) is 12.7 Å². The molecular weight excluding hydrogens is 374 g/mol. The highest BCUT2D eigenvalue weighted by Crippen LogP contribution is 2.33. The third-order valence-corrected chi connectivity index (χ3v) is 6.86. The Morgan fingerprint density at radius 1 is 1.11 bits per heavy atom. The second-order valence-corrected chi connectivity index (χ2v) is 9.26. The van der Waals surface area contributed by atoms with E-state index in [0.717, 1.165) is 22.2 Å². The number of benzene rings is 2. The Morgan fingerprint density at radius 2 is 1.86 bits per heavy atom. The molecule has 1 aliphatic heterocycles. The number of fused-ring (bicyclic) bond motifs is 2. The highest BCUT2D eigenvalue weighted by Gasteiger charge is 2.29. The number of aryl methyl sites for hydroxylation is 1. The summed E-state index contributed by atoms with van der Waals surface area (Å²) in [7, 11) is -0.573. The second-order valence-electron chi connectivity index (χ2n) is 7.11. The normalized spacial score (nSPS) is 13.9. The highest BCUT2D eigenvalue weighted by molar-refractivity contribution is 7.89. The van der Waals surface area contributed by atoms with E-state index in [2.05, 4.69) is 4.98 Å². The molecule has 0 bridgehead atoms. The van der Waals surface area contributed by atoms with E-state index in [1.54, 1.807) is 29.2 Å². The lowest BCUT2D eigenvalue weighted by Gasteiger charge is -2.20. The van der Waals surface area contributed by atoms with Gasteiger partial charge in [-0.05, 0) is 43.2 Å². The zero-order valence-electron chi connectivity index (χ0n) is 16.0. The third kappa shape index (κ3) is 2.96. The molecule has 1 amide bonds. The number of sulfonamides is 1. The van der Waals surface area contributed by atoms with Crippen molar-refractivity contribution in [2.75, 3.05) is 25.5 Å². The number of rotatable bonds is 3. The first-order valence-electron chi connectivity index (χ1n) is 9.03. The molecule has 3 aromatic rings. The van der Waals surface area contributed by atoms with Crippen LogP contribution < -0.4 is 4.90 Å². The van der Waals surface area contributed by atoms with E-state index in [0.29, 0.717) is 24.2 Å². The first kappa shape index (κ1) is 18.6. The third-order valence-electron chi connectivity index (χ3n) is 5.05. The van der Waals surface area contributed by atoms with Crippen LogP contribution in [0.15, 0.2) is 53.4 Å². The predicted octanol–water partition coefficient (Wildman–Crippen LogP) is 3.00. The lowest BCUT2D eigenvalue weighted by atomic mass is 10.1. The fourth-order valence-electron chi connectivity index (χ4n) is 3.57. The number of hydrogen-bond donors (Lipinski definition) is 0. The number of para-hydroxylation sites is 1. The van der Waals surface area contributed by atoms with Gasteiger partial charge in [0.25, 0.3) is 5.91 Å². The van der Waals surface area contributed by atoms with Gasteiger partial charge in [0, 0.05) is 37.4 Å². The molecule has 0 atom stereocenters. The van der Waals surface area contributed by atoms with Gasteiger partial charge >= 0.3 is 0 Å². The molecule has 4 rings (SSSR count). The molecule has 1 aromatic heterocycles. The summed E-state index contributed by atoms with van der Waals surface area (Å²) < 4.78 is 26.2. The lowest BCUT2D eigenvalue weighted by Crippen LogP contribution is -2.29. The molecule has 0 aliphatic carbocycles. The minimum Gasteiger partial charge on any atom is -0.308 e. The summed E-state index contributed by atoms with van der Waals surface area (Å²) >= 11 is 0. The first-order valence-corrected chi connectivity index (χ1v) is 10.5. The van der Waals surface area contributed by atoms with Crippen molar-refractivity contribution in [1.82, 2.24) is 9.29 Å². The van der Waals surface area contributed by atoms with E-state index in [-0.39, 0.29) is 10.8 Å². The number of hydrogen-bond acceptors (Lipinski definition) is 4. The predicted molar refractivity (Wildman–Crippen MR) is 109 cm³/mol. The van der Waals surface area contributed by atoms with Gasteiger partial charge in [0.2, 0.25) is 10.0 Å². The lowest BCUT2D eigenvalue weighted by molar-refractivity contribution is 0.0990. The molecule has 28 heavy (non-hydrogen) atoms. The Hall–Kier alpha value is -2.77. The molecule has 0 unspecified atom stereocenters. The number of nitrogens with zero attached hydrogens (tertiary/aromatic N) is 3. The zero-order chi connectivity index (χ0) is 20.1. The van der Waals surface area contributed by atoms with Crippen LogP contribution in [0.2, 0.25) is 0 Å². The molecule has 0 radical (unpaired) electrons. The van der Waals surface area contributed by atoms with E-state index in [1.165, 1.54) is 18.4 Å². The summed E-state index contributed by atoms with van der Waals surface area (Å²) in [5, 5.41) is 0.795. The van der Waals surface area contributed by atoms with E-state index in [4.69, 9.17) is 0 Å². The van der Waals surface area contributed by atoms with Crippen molar-refractivity contribution in [3.63, 3.8) is 0 Å². The number of aromatic nitrogens is 1. The summed E-state index contributed by atoms with van der Waals surface area (Å²) in [4.78, 5) is 19.8. The van der Waals surface area contributed by atoms with Crippen molar-refractivity contribution < 1.29 is 13.2 Å². The second kappa shape index (κ2) is 6.68. The fraction of sp³-hybridized carbons (Fsp3) is 0.238. The standard InChI is InChI=1S/C21H21N3O3S/c1-14-12-18(17-6-4-5-7-19(17)22-14)21(25)24-11-10-15-8-9-16(13-20(15)24)28(26,27)23(2)3/h4-9,12-13H,10-11H2,1-3H3. The van der Waals surface area contributed by atoms with Crippen molar-refractivity contribution in [2.45, 2.75) is 18.2 Å². The summed E-state index contributed by atoms with van der Waals surface area (Å²) in [5.41, 5.74) is 3.75. The van der Waals surface area contributed by atoms with Gasteiger partial charge < -0.3 is 4.90 Å². The molecule has 2 heterocycles. The number of amides is 1. The minimum atomic E-state index is -3.57. The van der Waals surface area contributed by atoms with Crippen molar-refractivity contribution >= 4 is 32.5 Å². The largest absolute Gasteiger partial charge is 0.308 e. The molecule has 0 N–H and O–H groups in total. The van der Waals surface area contributed by atoms with Crippen LogP contribution in [0.25, 0.3) is 10.9 Å². The van der Waals surface area contributed by atoms with Crippen LogP contribution in [-0.4, -0.2) is 44.3 Å². The molecule has 1 aliphatic rings. The molecule has 7 heteroatoms. The van der Waals surface area contributed by atoms with Crippen molar-refractivity contribution in [3.05, 3.63) is 65.4 Å². The fourth-order valence-corrected chi connectivity index (χ4v) is 4.49. The number of carbonyl (C=O) groups excluding carboxylic acids is 1. The van der Waals surface area contributed by atoms with E-state index in [1.807, 2.05) is 31.2 Å². The van der Waals surface area contributed by atoms with Crippen molar-refractivity contribution in [2.24, 2.45) is 0 Å².